The van der Waals surface area contributed by atoms with Crippen LogP contribution in [-0.4, -0.2) is 37.0 Å². The number of benzene rings is 2. The zero-order chi connectivity index (χ0) is 18.5. The monoisotopic (exact) mass is 356 g/mol. The molecule has 0 aliphatic carbocycles. The summed E-state index contributed by atoms with van der Waals surface area (Å²) in [5, 5.41) is 2.76. The summed E-state index contributed by atoms with van der Waals surface area (Å²) in [7, 11) is 1.55. The van der Waals surface area contributed by atoms with Crippen LogP contribution in [0.15, 0.2) is 48.5 Å². The minimum Gasteiger partial charge on any atom is -0.383 e. The Kier molecular flexibility index (Phi) is 5.63. The van der Waals surface area contributed by atoms with Gasteiger partial charge in [-0.3, -0.25) is 9.59 Å². The summed E-state index contributed by atoms with van der Waals surface area (Å²) in [6, 6.07) is 13.0. The van der Waals surface area contributed by atoms with Crippen LogP contribution in [0.2, 0.25) is 0 Å². The van der Waals surface area contributed by atoms with Crippen molar-refractivity contribution >= 4 is 11.8 Å². The van der Waals surface area contributed by atoms with Crippen LogP contribution in [0.5, 0.6) is 0 Å². The first-order valence-electron chi connectivity index (χ1n) is 8.49. The molecule has 0 spiro atoms. The fourth-order valence-electron chi connectivity index (χ4n) is 3.19. The van der Waals surface area contributed by atoms with Crippen LogP contribution in [0.4, 0.5) is 4.39 Å². The van der Waals surface area contributed by atoms with E-state index in [1.54, 1.807) is 25.3 Å². The van der Waals surface area contributed by atoms with Gasteiger partial charge in [-0.2, -0.15) is 0 Å². The Morgan fingerprint density at radius 2 is 1.96 bits per heavy atom. The van der Waals surface area contributed by atoms with E-state index in [9.17, 15) is 14.0 Å². The van der Waals surface area contributed by atoms with E-state index in [1.165, 1.54) is 11.0 Å². The standard InChI is InChI=1S/C20H21FN2O3/c1-26-11-10-23-18(24)12-14-6-2-4-8-16(14)19(23)20(25)22-13-15-7-3-5-9-17(15)21/h2-9,19H,10-13H2,1H3,(H,22,25)/t19-/m0/s1. The Morgan fingerprint density at radius 3 is 2.73 bits per heavy atom. The third-order valence-corrected chi connectivity index (χ3v) is 4.52. The lowest BCUT2D eigenvalue weighted by atomic mass is 9.91. The third-order valence-electron chi connectivity index (χ3n) is 4.52. The molecule has 0 saturated heterocycles. The van der Waals surface area contributed by atoms with Crippen molar-refractivity contribution in [1.82, 2.24) is 10.2 Å². The maximum Gasteiger partial charge on any atom is 0.247 e. The molecule has 0 aromatic heterocycles. The van der Waals surface area contributed by atoms with Crippen LogP contribution < -0.4 is 5.32 Å². The number of rotatable bonds is 6. The summed E-state index contributed by atoms with van der Waals surface area (Å²) in [6.45, 7) is 0.725. The molecule has 1 heterocycles. The second-order valence-electron chi connectivity index (χ2n) is 6.17. The normalized spacial score (nSPS) is 16.3. The number of fused-ring (bicyclic) bond motifs is 1. The first-order valence-corrected chi connectivity index (χ1v) is 8.49. The molecule has 0 fully saturated rings. The van der Waals surface area contributed by atoms with Crippen molar-refractivity contribution in [3.63, 3.8) is 0 Å². The number of hydrogen-bond donors (Lipinski definition) is 1. The van der Waals surface area contributed by atoms with Gasteiger partial charge in [0.2, 0.25) is 11.8 Å². The van der Waals surface area contributed by atoms with E-state index in [1.807, 2.05) is 24.3 Å². The molecule has 6 heteroatoms. The van der Waals surface area contributed by atoms with Crippen molar-refractivity contribution in [3.8, 4) is 0 Å². The van der Waals surface area contributed by atoms with Gasteiger partial charge in [0.15, 0.2) is 0 Å². The lowest BCUT2D eigenvalue weighted by Crippen LogP contribution is -2.48. The zero-order valence-electron chi connectivity index (χ0n) is 14.6. The minimum atomic E-state index is -0.741. The largest absolute Gasteiger partial charge is 0.383 e. The van der Waals surface area contributed by atoms with E-state index in [0.717, 1.165) is 11.1 Å². The Hall–Kier alpha value is -2.73. The van der Waals surface area contributed by atoms with Crippen molar-refractivity contribution < 1.29 is 18.7 Å². The Labute approximate surface area is 151 Å². The van der Waals surface area contributed by atoms with E-state index in [0.29, 0.717) is 18.7 Å². The summed E-state index contributed by atoms with van der Waals surface area (Å²) in [6.07, 6.45) is 0.261. The van der Waals surface area contributed by atoms with E-state index in [2.05, 4.69) is 5.32 Å². The summed E-state index contributed by atoms with van der Waals surface area (Å²) in [4.78, 5) is 27.0. The van der Waals surface area contributed by atoms with Gasteiger partial charge in [0, 0.05) is 25.8 Å². The number of ether oxygens (including phenoxy) is 1. The average Bonchev–Trinajstić information content (AvgIpc) is 2.65. The summed E-state index contributed by atoms with van der Waals surface area (Å²) in [5.41, 5.74) is 2.05. The highest BCUT2D eigenvalue weighted by Gasteiger charge is 2.36. The van der Waals surface area contributed by atoms with E-state index in [-0.39, 0.29) is 30.6 Å². The molecule has 2 amide bonds. The Balaban J connectivity index is 1.84. The fourth-order valence-corrected chi connectivity index (χ4v) is 3.19. The summed E-state index contributed by atoms with van der Waals surface area (Å²) < 4.78 is 18.9. The molecular weight excluding hydrogens is 335 g/mol. The molecule has 1 N–H and O–H groups in total. The van der Waals surface area contributed by atoms with E-state index >= 15 is 0 Å². The highest BCUT2D eigenvalue weighted by atomic mass is 19.1. The smallest absolute Gasteiger partial charge is 0.247 e. The second kappa shape index (κ2) is 8.10. The molecule has 1 aliphatic heterocycles. The van der Waals surface area contributed by atoms with Gasteiger partial charge >= 0.3 is 0 Å². The predicted molar refractivity (Wildman–Crippen MR) is 94.7 cm³/mol. The van der Waals surface area contributed by atoms with Gasteiger partial charge < -0.3 is 15.0 Å². The van der Waals surface area contributed by atoms with Gasteiger partial charge in [-0.25, -0.2) is 4.39 Å². The maximum absolute atomic E-state index is 13.8. The molecule has 0 unspecified atom stereocenters. The number of methoxy groups -OCH3 is 1. The van der Waals surface area contributed by atoms with Crippen molar-refractivity contribution in [2.24, 2.45) is 0 Å². The average molecular weight is 356 g/mol. The van der Waals surface area contributed by atoms with Gasteiger partial charge in [-0.1, -0.05) is 42.5 Å². The number of hydrogen-bond acceptors (Lipinski definition) is 3. The molecule has 5 nitrogen and oxygen atoms in total. The minimum absolute atomic E-state index is 0.0660. The van der Waals surface area contributed by atoms with Crippen LogP contribution in [0.1, 0.15) is 22.7 Å². The van der Waals surface area contributed by atoms with Crippen LogP contribution in [0.3, 0.4) is 0 Å². The number of amides is 2. The molecular formula is C20H21FN2O3. The van der Waals surface area contributed by atoms with Gasteiger partial charge in [0.1, 0.15) is 11.9 Å². The molecule has 0 bridgehead atoms. The van der Waals surface area contributed by atoms with Crippen LogP contribution in [-0.2, 0) is 27.3 Å². The fraction of sp³-hybridized carbons (Fsp3) is 0.300. The molecule has 0 radical (unpaired) electrons. The van der Waals surface area contributed by atoms with Gasteiger partial charge in [0.05, 0.1) is 13.0 Å². The first kappa shape index (κ1) is 18.1. The molecule has 3 rings (SSSR count). The zero-order valence-corrected chi connectivity index (χ0v) is 14.6. The van der Waals surface area contributed by atoms with Gasteiger partial charge in [0.25, 0.3) is 0 Å². The quantitative estimate of drug-likeness (QED) is 0.863. The van der Waals surface area contributed by atoms with Crippen LogP contribution in [0.25, 0.3) is 0 Å². The first-order chi connectivity index (χ1) is 12.6. The number of nitrogens with one attached hydrogen (secondary N) is 1. The van der Waals surface area contributed by atoms with E-state index < -0.39 is 6.04 Å². The maximum atomic E-state index is 13.8. The van der Waals surface area contributed by atoms with Crippen molar-refractivity contribution in [2.75, 3.05) is 20.3 Å². The Bertz CT molecular complexity index is 809. The highest BCUT2D eigenvalue weighted by Crippen LogP contribution is 2.30. The predicted octanol–water partition coefficient (Wildman–Crippen LogP) is 2.21. The van der Waals surface area contributed by atoms with Gasteiger partial charge in [-0.05, 0) is 17.2 Å². The van der Waals surface area contributed by atoms with Crippen molar-refractivity contribution in [1.29, 1.82) is 0 Å². The SMILES string of the molecule is COCCN1C(=O)Cc2ccccc2[C@H]1C(=O)NCc1ccccc1F. The molecule has 1 atom stereocenters. The molecule has 2 aromatic carbocycles. The summed E-state index contributed by atoms with van der Waals surface area (Å²) >= 11 is 0. The third kappa shape index (κ3) is 3.75. The Morgan fingerprint density at radius 1 is 1.23 bits per heavy atom. The number of carbonyl (C=O) groups excluding carboxylic acids is 2. The second-order valence-corrected chi connectivity index (χ2v) is 6.17. The highest BCUT2D eigenvalue weighted by molar-refractivity contribution is 5.92. The van der Waals surface area contributed by atoms with Crippen LogP contribution in [0, 0.1) is 5.82 Å². The van der Waals surface area contributed by atoms with Gasteiger partial charge in [-0.15, -0.1) is 0 Å². The molecule has 2 aromatic rings. The van der Waals surface area contributed by atoms with Crippen molar-refractivity contribution in [3.05, 3.63) is 71.0 Å². The summed E-state index contributed by atoms with van der Waals surface area (Å²) in [5.74, 6) is -0.819. The molecule has 0 saturated carbocycles. The lowest BCUT2D eigenvalue weighted by molar-refractivity contribution is -0.142. The van der Waals surface area contributed by atoms with E-state index in [4.69, 9.17) is 4.74 Å². The molecule has 1 aliphatic rings. The molecule has 26 heavy (non-hydrogen) atoms. The topological polar surface area (TPSA) is 58.6 Å². The van der Waals surface area contributed by atoms with Crippen LogP contribution >= 0.6 is 0 Å². The number of halogens is 1. The number of nitrogens with zero attached hydrogens (tertiary/aromatic N) is 1. The number of carbonyl (C=O) groups is 2. The molecule has 136 valence electrons. The lowest BCUT2D eigenvalue weighted by Gasteiger charge is -2.36. The van der Waals surface area contributed by atoms with Crippen molar-refractivity contribution in [2.45, 2.75) is 19.0 Å².